The fourth-order valence-corrected chi connectivity index (χ4v) is 1.50. The SMILES string of the molecule is CC1CCCN(C(=O)NC#N)C1. The van der Waals surface area contributed by atoms with Gasteiger partial charge < -0.3 is 4.90 Å². The van der Waals surface area contributed by atoms with Crippen molar-refractivity contribution in [3.8, 4) is 6.19 Å². The topological polar surface area (TPSA) is 56.1 Å². The molecular formula is C8H13N3O. The molecule has 0 spiro atoms. The molecule has 0 bridgehead atoms. The molecule has 1 aliphatic heterocycles. The average molecular weight is 167 g/mol. The van der Waals surface area contributed by atoms with Crippen LogP contribution in [0.15, 0.2) is 0 Å². The van der Waals surface area contributed by atoms with E-state index in [0.29, 0.717) is 5.92 Å². The maximum absolute atomic E-state index is 11.1. The zero-order valence-corrected chi connectivity index (χ0v) is 7.21. The van der Waals surface area contributed by atoms with Crippen LogP contribution in [0.4, 0.5) is 4.79 Å². The first kappa shape index (κ1) is 8.85. The van der Waals surface area contributed by atoms with Crippen LogP contribution < -0.4 is 5.32 Å². The van der Waals surface area contributed by atoms with Gasteiger partial charge in [-0.2, -0.15) is 5.26 Å². The zero-order chi connectivity index (χ0) is 8.97. The molecule has 0 aromatic heterocycles. The van der Waals surface area contributed by atoms with Crippen molar-refractivity contribution in [2.75, 3.05) is 13.1 Å². The van der Waals surface area contributed by atoms with Gasteiger partial charge in [-0.05, 0) is 18.8 Å². The van der Waals surface area contributed by atoms with Crippen LogP contribution in [0.1, 0.15) is 19.8 Å². The molecule has 66 valence electrons. The molecule has 0 radical (unpaired) electrons. The van der Waals surface area contributed by atoms with E-state index in [-0.39, 0.29) is 6.03 Å². The number of carbonyl (C=O) groups excluding carboxylic acids is 1. The largest absolute Gasteiger partial charge is 0.330 e. The summed E-state index contributed by atoms with van der Waals surface area (Å²) in [6.45, 7) is 3.66. The Kier molecular flexibility index (Phi) is 2.92. The standard InChI is InChI=1S/C8H13N3O/c1-7-3-2-4-11(5-7)8(12)10-6-9/h7H,2-5H2,1H3,(H,10,12). The molecule has 1 unspecified atom stereocenters. The van der Waals surface area contributed by atoms with Gasteiger partial charge in [0.15, 0.2) is 6.19 Å². The third-order valence-corrected chi connectivity index (χ3v) is 2.11. The first-order valence-corrected chi connectivity index (χ1v) is 4.18. The van der Waals surface area contributed by atoms with Crippen molar-refractivity contribution in [2.45, 2.75) is 19.8 Å². The first-order chi connectivity index (χ1) is 5.74. The minimum absolute atomic E-state index is 0.260. The molecular weight excluding hydrogens is 154 g/mol. The van der Waals surface area contributed by atoms with E-state index in [4.69, 9.17) is 5.26 Å². The molecule has 0 aliphatic carbocycles. The number of nitrogens with zero attached hydrogens (tertiary/aromatic N) is 2. The number of piperidine rings is 1. The van der Waals surface area contributed by atoms with Crippen LogP contribution in [0.2, 0.25) is 0 Å². The smallest absolute Gasteiger partial charge is 0.324 e. The molecule has 1 saturated heterocycles. The van der Waals surface area contributed by atoms with E-state index < -0.39 is 0 Å². The molecule has 4 heteroatoms. The predicted octanol–water partition coefficient (Wildman–Crippen LogP) is 0.909. The summed E-state index contributed by atoms with van der Waals surface area (Å²) in [4.78, 5) is 12.8. The van der Waals surface area contributed by atoms with Gasteiger partial charge in [-0.25, -0.2) is 10.1 Å². The van der Waals surface area contributed by atoms with Crippen LogP contribution in [0.5, 0.6) is 0 Å². The van der Waals surface area contributed by atoms with Crippen molar-refractivity contribution >= 4 is 6.03 Å². The normalized spacial score (nSPS) is 23.0. The maximum Gasteiger partial charge on any atom is 0.330 e. The Balaban J connectivity index is 2.41. The fourth-order valence-electron chi connectivity index (χ4n) is 1.50. The monoisotopic (exact) mass is 167 g/mol. The Morgan fingerprint density at radius 3 is 3.08 bits per heavy atom. The van der Waals surface area contributed by atoms with Crippen molar-refractivity contribution in [2.24, 2.45) is 5.92 Å². The van der Waals surface area contributed by atoms with E-state index in [1.807, 2.05) is 0 Å². The lowest BCUT2D eigenvalue weighted by Gasteiger charge is -2.29. The summed E-state index contributed by atoms with van der Waals surface area (Å²) in [6, 6.07) is -0.260. The number of nitrogens with one attached hydrogen (secondary N) is 1. The number of rotatable bonds is 0. The summed E-state index contributed by atoms with van der Waals surface area (Å²) in [5, 5.41) is 10.4. The van der Waals surface area contributed by atoms with Crippen LogP contribution in [-0.4, -0.2) is 24.0 Å². The zero-order valence-electron chi connectivity index (χ0n) is 7.21. The molecule has 1 aliphatic rings. The van der Waals surface area contributed by atoms with Gasteiger partial charge in [0.05, 0.1) is 0 Å². The van der Waals surface area contributed by atoms with Gasteiger partial charge in [-0.15, -0.1) is 0 Å². The quantitative estimate of drug-likeness (QED) is 0.430. The molecule has 12 heavy (non-hydrogen) atoms. The van der Waals surface area contributed by atoms with Crippen molar-refractivity contribution in [3.63, 3.8) is 0 Å². The minimum Gasteiger partial charge on any atom is -0.324 e. The van der Waals surface area contributed by atoms with E-state index in [2.05, 4.69) is 12.2 Å². The Hall–Kier alpha value is -1.24. The molecule has 1 rings (SSSR count). The number of hydrogen-bond donors (Lipinski definition) is 1. The molecule has 0 saturated carbocycles. The molecule has 0 aromatic rings. The summed E-state index contributed by atoms with van der Waals surface area (Å²) in [5.41, 5.74) is 0. The lowest BCUT2D eigenvalue weighted by molar-refractivity contribution is 0.173. The van der Waals surface area contributed by atoms with Gasteiger partial charge in [-0.1, -0.05) is 6.92 Å². The number of amides is 2. The van der Waals surface area contributed by atoms with E-state index in [1.54, 1.807) is 11.1 Å². The molecule has 1 N–H and O–H groups in total. The number of hydrogen-bond acceptors (Lipinski definition) is 2. The van der Waals surface area contributed by atoms with Crippen LogP contribution >= 0.6 is 0 Å². The van der Waals surface area contributed by atoms with E-state index in [9.17, 15) is 4.79 Å². The van der Waals surface area contributed by atoms with Crippen LogP contribution in [-0.2, 0) is 0 Å². The summed E-state index contributed by atoms with van der Waals surface area (Å²) in [6.07, 6.45) is 3.86. The molecule has 4 nitrogen and oxygen atoms in total. The van der Waals surface area contributed by atoms with Gasteiger partial charge in [-0.3, -0.25) is 0 Å². The minimum atomic E-state index is -0.260. The summed E-state index contributed by atoms with van der Waals surface area (Å²) in [5.74, 6) is 0.559. The van der Waals surface area contributed by atoms with Crippen molar-refractivity contribution in [1.29, 1.82) is 5.26 Å². The number of urea groups is 1. The van der Waals surface area contributed by atoms with Crippen molar-refractivity contribution < 1.29 is 4.79 Å². The van der Waals surface area contributed by atoms with Crippen LogP contribution in [0, 0.1) is 17.4 Å². The highest BCUT2D eigenvalue weighted by molar-refractivity contribution is 5.75. The average Bonchev–Trinajstić information content (AvgIpc) is 2.05. The highest BCUT2D eigenvalue weighted by atomic mass is 16.2. The predicted molar refractivity (Wildman–Crippen MR) is 44.1 cm³/mol. The third-order valence-electron chi connectivity index (χ3n) is 2.11. The van der Waals surface area contributed by atoms with Gasteiger partial charge in [0, 0.05) is 13.1 Å². The maximum atomic E-state index is 11.1. The Labute approximate surface area is 72.2 Å². The first-order valence-electron chi connectivity index (χ1n) is 4.18. The fraction of sp³-hybridized carbons (Fsp3) is 0.750. The van der Waals surface area contributed by atoms with Gasteiger partial charge >= 0.3 is 6.03 Å². The summed E-state index contributed by atoms with van der Waals surface area (Å²) < 4.78 is 0. The highest BCUT2D eigenvalue weighted by Gasteiger charge is 2.20. The van der Waals surface area contributed by atoms with Crippen molar-refractivity contribution in [3.05, 3.63) is 0 Å². The second-order valence-electron chi connectivity index (χ2n) is 3.24. The lowest BCUT2D eigenvalue weighted by atomic mass is 10.0. The molecule has 0 aromatic carbocycles. The summed E-state index contributed by atoms with van der Waals surface area (Å²) in [7, 11) is 0. The Bertz CT molecular complexity index is 209. The van der Waals surface area contributed by atoms with Crippen LogP contribution in [0.3, 0.4) is 0 Å². The Morgan fingerprint density at radius 1 is 1.75 bits per heavy atom. The molecule has 2 amide bonds. The van der Waals surface area contributed by atoms with Crippen LogP contribution in [0.25, 0.3) is 0 Å². The van der Waals surface area contributed by atoms with E-state index >= 15 is 0 Å². The third kappa shape index (κ3) is 2.12. The molecule has 1 fully saturated rings. The van der Waals surface area contributed by atoms with Gasteiger partial charge in [0.1, 0.15) is 0 Å². The second kappa shape index (κ2) is 3.96. The number of carbonyl (C=O) groups is 1. The number of nitriles is 1. The van der Waals surface area contributed by atoms with Gasteiger partial charge in [0.25, 0.3) is 0 Å². The van der Waals surface area contributed by atoms with Crippen molar-refractivity contribution in [1.82, 2.24) is 10.2 Å². The number of likely N-dealkylation sites (tertiary alicyclic amines) is 1. The Morgan fingerprint density at radius 2 is 2.50 bits per heavy atom. The summed E-state index contributed by atoms with van der Waals surface area (Å²) >= 11 is 0. The molecule has 1 atom stereocenters. The van der Waals surface area contributed by atoms with E-state index in [0.717, 1.165) is 19.5 Å². The molecule has 1 heterocycles. The second-order valence-corrected chi connectivity index (χ2v) is 3.24. The lowest BCUT2D eigenvalue weighted by Crippen LogP contribution is -2.43. The van der Waals surface area contributed by atoms with E-state index in [1.165, 1.54) is 6.42 Å². The van der Waals surface area contributed by atoms with Gasteiger partial charge in [0.2, 0.25) is 0 Å². The highest BCUT2D eigenvalue weighted by Crippen LogP contribution is 2.14.